The van der Waals surface area contributed by atoms with Crippen LogP contribution in [0.1, 0.15) is 12.5 Å². The maximum Gasteiger partial charge on any atom is 0.264 e. The van der Waals surface area contributed by atoms with Gasteiger partial charge in [-0.3, -0.25) is 9.79 Å². The summed E-state index contributed by atoms with van der Waals surface area (Å²) in [7, 11) is -3.81. The second-order valence-corrected chi connectivity index (χ2v) is 6.58. The van der Waals surface area contributed by atoms with E-state index >= 15 is 0 Å². The number of nitrogens with zero attached hydrogens (tertiary/aromatic N) is 1. The zero-order chi connectivity index (χ0) is 16.2. The SMILES string of the molecule is CC(=O)NS(=O)(=O)c1ccc(N=Cc2ccc(Cl)cc2)cc1. The monoisotopic (exact) mass is 336 g/mol. The van der Waals surface area contributed by atoms with E-state index in [4.69, 9.17) is 11.6 Å². The molecule has 2 aromatic rings. The Balaban J connectivity index is 2.15. The van der Waals surface area contributed by atoms with Gasteiger partial charge in [0.05, 0.1) is 10.6 Å². The highest BCUT2D eigenvalue weighted by atomic mass is 35.5. The van der Waals surface area contributed by atoms with Crippen molar-refractivity contribution in [3.05, 3.63) is 59.1 Å². The Labute approximate surface area is 133 Å². The highest BCUT2D eigenvalue weighted by molar-refractivity contribution is 7.90. The van der Waals surface area contributed by atoms with E-state index in [-0.39, 0.29) is 4.90 Å². The lowest BCUT2D eigenvalue weighted by Gasteiger charge is -2.04. The molecule has 0 aromatic heterocycles. The number of benzene rings is 2. The van der Waals surface area contributed by atoms with Crippen LogP contribution in [-0.2, 0) is 14.8 Å². The second-order valence-electron chi connectivity index (χ2n) is 4.47. The number of amides is 1. The lowest BCUT2D eigenvalue weighted by Crippen LogP contribution is -2.28. The molecule has 0 fully saturated rings. The molecule has 0 unspecified atom stereocenters. The van der Waals surface area contributed by atoms with E-state index in [1.165, 1.54) is 12.1 Å². The van der Waals surface area contributed by atoms with Gasteiger partial charge in [0, 0.05) is 18.2 Å². The normalized spacial score (nSPS) is 11.5. The molecule has 0 radical (unpaired) electrons. The van der Waals surface area contributed by atoms with E-state index in [0.29, 0.717) is 10.7 Å². The Morgan fingerprint density at radius 2 is 1.68 bits per heavy atom. The first-order valence-corrected chi connectivity index (χ1v) is 8.16. The zero-order valence-corrected chi connectivity index (χ0v) is 13.2. The van der Waals surface area contributed by atoms with Crippen molar-refractivity contribution in [2.45, 2.75) is 11.8 Å². The molecular formula is C15H13ClN2O3S. The average molecular weight is 337 g/mol. The van der Waals surface area contributed by atoms with E-state index in [9.17, 15) is 13.2 Å². The molecule has 0 heterocycles. The van der Waals surface area contributed by atoms with Crippen molar-refractivity contribution in [3.63, 3.8) is 0 Å². The van der Waals surface area contributed by atoms with Gasteiger partial charge in [0.2, 0.25) is 5.91 Å². The van der Waals surface area contributed by atoms with E-state index in [1.807, 2.05) is 16.9 Å². The molecule has 0 aliphatic heterocycles. The van der Waals surface area contributed by atoms with Crippen molar-refractivity contribution >= 4 is 39.4 Å². The van der Waals surface area contributed by atoms with Gasteiger partial charge in [-0.1, -0.05) is 23.7 Å². The molecule has 2 aromatic carbocycles. The van der Waals surface area contributed by atoms with Gasteiger partial charge in [0.1, 0.15) is 0 Å². The smallest absolute Gasteiger partial charge is 0.264 e. The van der Waals surface area contributed by atoms with E-state index in [1.54, 1.807) is 30.5 Å². The lowest BCUT2D eigenvalue weighted by molar-refractivity contribution is -0.117. The number of hydrogen-bond donors (Lipinski definition) is 1. The number of halogens is 1. The number of carbonyl (C=O) groups is 1. The van der Waals surface area contributed by atoms with Gasteiger partial charge in [-0.15, -0.1) is 0 Å². The summed E-state index contributed by atoms with van der Waals surface area (Å²) in [5, 5.41) is 0.643. The van der Waals surface area contributed by atoms with Crippen LogP contribution >= 0.6 is 11.6 Å². The molecular weight excluding hydrogens is 324 g/mol. The molecule has 0 bridgehead atoms. The molecule has 114 valence electrons. The Morgan fingerprint density at radius 1 is 1.09 bits per heavy atom. The van der Waals surface area contributed by atoms with Crippen LogP contribution in [0, 0.1) is 0 Å². The topological polar surface area (TPSA) is 75.6 Å². The predicted molar refractivity (Wildman–Crippen MR) is 86.2 cm³/mol. The maximum absolute atomic E-state index is 11.8. The van der Waals surface area contributed by atoms with Gasteiger partial charge in [0.25, 0.3) is 10.0 Å². The summed E-state index contributed by atoms with van der Waals surface area (Å²) < 4.78 is 25.5. The molecule has 0 aliphatic carbocycles. The van der Waals surface area contributed by atoms with Gasteiger partial charge in [-0.05, 0) is 42.0 Å². The van der Waals surface area contributed by atoms with Crippen molar-refractivity contribution in [1.82, 2.24) is 4.72 Å². The van der Waals surface area contributed by atoms with Gasteiger partial charge < -0.3 is 0 Å². The largest absolute Gasteiger partial charge is 0.274 e. The quantitative estimate of drug-likeness (QED) is 0.872. The fraction of sp³-hybridized carbons (Fsp3) is 0.0667. The molecule has 0 spiro atoms. The molecule has 1 amide bonds. The average Bonchev–Trinajstić information content (AvgIpc) is 2.46. The third kappa shape index (κ3) is 4.41. The van der Waals surface area contributed by atoms with Crippen LogP contribution in [0.3, 0.4) is 0 Å². The Kier molecular flexibility index (Phi) is 4.95. The minimum absolute atomic E-state index is 0.00754. The van der Waals surface area contributed by atoms with Crippen molar-refractivity contribution in [1.29, 1.82) is 0 Å². The summed E-state index contributed by atoms with van der Waals surface area (Å²) in [4.78, 5) is 15.1. The van der Waals surface area contributed by atoms with Crippen LogP contribution in [0.25, 0.3) is 0 Å². The van der Waals surface area contributed by atoms with Crippen LogP contribution in [0.5, 0.6) is 0 Å². The summed E-state index contributed by atoms with van der Waals surface area (Å²) in [5.41, 5.74) is 1.47. The van der Waals surface area contributed by atoms with Crippen LogP contribution in [0.15, 0.2) is 58.4 Å². The van der Waals surface area contributed by atoms with Crippen molar-refractivity contribution in [2.24, 2.45) is 4.99 Å². The Hall–Kier alpha value is -2.18. The fourth-order valence-electron chi connectivity index (χ4n) is 1.66. The molecule has 0 saturated carbocycles. The van der Waals surface area contributed by atoms with Crippen LogP contribution in [-0.4, -0.2) is 20.5 Å². The highest BCUT2D eigenvalue weighted by Gasteiger charge is 2.14. The summed E-state index contributed by atoms with van der Waals surface area (Å²) in [6.45, 7) is 1.14. The number of sulfonamides is 1. The second kappa shape index (κ2) is 6.72. The highest BCUT2D eigenvalue weighted by Crippen LogP contribution is 2.17. The van der Waals surface area contributed by atoms with Crippen molar-refractivity contribution in [2.75, 3.05) is 0 Å². The molecule has 0 atom stereocenters. The summed E-state index contributed by atoms with van der Waals surface area (Å²) >= 11 is 5.79. The third-order valence-electron chi connectivity index (χ3n) is 2.66. The van der Waals surface area contributed by atoms with E-state index < -0.39 is 15.9 Å². The van der Waals surface area contributed by atoms with E-state index in [0.717, 1.165) is 12.5 Å². The predicted octanol–water partition coefficient (Wildman–Crippen LogP) is 2.92. The summed E-state index contributed by atoms with van der Waals surface area (Å²) in [5.74, 6) is -0.634. The molecule has 0 saturated heterocycles. The summed E-state index contributed by atoms with van der Waals surface area (Å²) in [6, 6.07) is 13.0. The molecule has 1 N–H and O–H groups in total. The number of hydrogen-bond acceptors (Lipinski definition) is 4. The lowest BCUT2D eigenvalue weighted by atomic mass is 10.2. The first-order valence-electron chi connectivity index (χ1n) is 6.30. The number of rotatable bonds is 4. The molecule has 22 heavy (non-hydrogen) atoms. The maximum atomic E-state index is 11.8. The Morgan fingerprint density at radius 3 is 2.23 bits per heavy atom. The van der Waals surface area contributed by atoms with Crippen LogP contribution in [0.2, 0.25) is 5.02 Å². The number of aliphatic imine (C=N–C) groups is 1. The number of nitrogens with one attached hydrogen (secondary N) is 1. The van der Waals surface area contributed by atoms with Gasteiger partial charge in [0.15, 0.2) is 0 Å². The molecule has 2 rings (SSSR count). The first kappa shape index (κ1) is 16.2. The molecule has 0 aliphatic rings. The van der Waals surface area contributed by atoms with Gasteiger partial charge >= 0.3 is 0 Å². The minimum Gasteiger partial charge on any atom is -0.274 e. The first-order chi connectivity index (χ1) is 10.4. The summed E-state index contributed by atoms with van der Waals surface area (Å²) in [6.07, 6.45) is 1.65. The standard InChI is InChI=1S/C15H13ClN2O3S/c1-11(19)18-22(20,21)15-8-6-14(7-9-15)17-10-12-2-4-13(16)5-3-12/h2-10H,1H3,(H,18,19). The van der Waals surface area contributed by atoms with Gasteiger partial charge in [-0.2, -0.15) is 0 Å². The zero-order valence-electron chi connectivity index (χ0n) is 11.7. The van der Waals surface area contributed by atoms with Crippen molar-refractivity contribution < 1.29 is 13.2 Å². The Bertz CT molecular complexity index is 798. The van der Waals surface area contributed by atoms with E-state index in [2.05, 4.69) is 4.99 Å². The fourth-order valence-corrected chi connectivity index (χ4v) is 2.77. The molecule has 5 nitrogen and oxygen atoms in total. The van der Waals surface area contributed by atoms with Gasteiger partial charge in [-0.25, -0.2) is 13.1 Å². The third-order valence-corrected chi connectivity index (χ3v) is 4.36. The molecule has 7 heteroatoms. The minimum atomic E-state index is -3.81. The van der Waals surface area contributed by atoms with Crippen LogP contribution in [0.4, 0.5) is 5.69 Å². The van der Waals surface area contributed by atoms with Crippen LogP contribution < -0.4 is 4.72 Å². The van der Waals surface area contributed by atoms with Crippen molar-refractivity contribution in [3.8, 4) is 0 Å². The number of carbonyl (C=O) groups excluding carboxylic acids is 1.